The van der Waals surface area contributed by atoms with Crippen molar-refractivity contribution in [2.75, 3.05) is 26.4 Å². The summed E-state index contributed by atoms with van der Waals surface area (Å²) in [5.41, 5.74) is 1.49. The highest BCUT2D eigenvalue weighted by Gasteiger charge is 2.20. The molecule has 7 nitrogen and oxygen atoms in total. The lowest BCUT2D eigenvalue weighted by molar-refractivity contribution is -0.136. The highest BCUT2D eigenvalue weighted by Crippen LogP contribution is 2.21. The fraction of sp³-hybridized carbons (Fsp3) is 0.444. The number of ether oxygens (including phenoxy) is 3. The summed E-state index contributed by atoms with van der Waals surface area (Å²) in [6.45, 7) is 7.24. The quantitative estimate of drug-likeness (QED) is 0.401. The van der Waals surface area contributed by atoms with Gasteiger partial charge in [-0.25, -0.2) is 9.78 Å². The standard InChI is InChI=1S/C18H24N2O5/c1-4-22-16(23-5-2)12-19-11-13(18(21)24-6-3)17-20-14-9-7-8-10-15(14)25-17/h7-11,16,19H,4-6,12H2,1-3H3/b13-11+. The van der Waals surface area contributed by atoms with E-state index in [1.54, 1.807) is 13.0 Å². The molecule has 0 spiro atoms. The van der Waals surface area contributed by atoms with E-state index in [9.17, 15) is 4.79 Å². The summed E-state index contributed by atoms with van der Waals surface area (Å²) in [6.07, 6.45) is 1.12. The maximum Gasteiger partial charge on any atom is 0.345 e. The first-order chi connectivity index (χ1) is 12.2. The monoisotopic (exact) mass is 348 g/mol. The average Bonchev–Trinajstić information content (AvgIpc) is 3.02. The van der Waals surface area contributed by atoms with Gasteiger partial charge in [-0.05, 0) is 32.9 Å². The number of nitrogens with zero attached hydrogens (tertiary/aromatic N) is 1. The SMILES string of the molecule is CCOC(=O)/C(=C/NCC(OCC)OCC)c1nc2ccccc2o1. The van der Waals surface area contributed by atoms with E-state index in [1.165, 1.54) is 6.20 Å². The van der Waals surface area contributed by atoms with Gasteiger partial charge in [0.05, 0.1) is 13.2 Å². The number of carbonyl (C=O) groups excluding carboxylic acids is 1. The molecule has 1 aromatic carbocycles. The van der Waals surface area contributed by atoms with Crippen LogP contribution in [0.15, 0.2) is 34.9 Å². The summed E-state index contributed by atoms with van der Waals surface area (Å²) in [6, 6.07) is 7.31. The van der Waals surface area contributed by atoms with Crippen LogP contribution in [0.1, 0.15) is 26.7 Å². The van der Waals surface area contributed by atoms with E-state index in [0.717, 1.165) is 0 Å². The van der Waals surface area contributed by atoms with E-state index in [0.29, 0.717) is 30.9 Å². The van der Waals surface area contributed by atoms with E-state index in [4.69, 9.17) is 18.6 Å². The molecule has 136 valence electrons. The minimum atomic E-state index is -0.508. The molecule has 0 radical (unpaired) electrons. The molecule has 25 heavy (non-hydrogen) atoms. The number of nitrogens with one attached hydrogen (secondary N) is 1. The first-order valence-corrected chi connectivity index (χ1v) is 8.39. The second-order valence-corrected chi connectivity index (χ2v) is 5.01. The van der Waals surface area contributed by atoms with Gasteiger partial charge in [-0.2, -0.15) is 0 Å². The van der Waals surface area contributed by atoms with Crippen LogP contribution < -0.4 is 5.32 Å². The lowest BCUT2D eigenvalue weighted by Crippen LogP contribution is -2.29. The van der Waals surface area contributed by atoms with Crippen molar-refractivity contribution in [1.82, 2.24) is 10.3 Å². The molecule has 0 fully saturated rings. The number of aromatic nitrogens is 1. The van der Waals surface area contributed by atoms with Crippen LogP contribution in [0.5, 0.6) is 0 Å². The van der Waals surface area contributed by atoms with E-state index in [2.05, 4.69) is 10.3 Å². The van der Waals surface area contributed by atoms with Gasteiger partial charge < -0.3 is 23.9 Å². The summed E-state index contributed by atoms with van der Waals surface area (Å²) in [5.74, 6) is -0.303. The van der Waals surface area contributed by atoms with Crippen LogP contribution in [0, 0.1) is 0 Å². The Kier molecular flexibility index (Phi) is 7.43. The topological polar surface area (TPSA) is 82.8 Å². The zero-order valence-corrected chi connectivity index (χ0v) is 14.8. The maximum absolute atomic E-state index is 12.3. The van der Waals surface area contributed by atoms with Crippen LogP contribution in [-0.4, -0.2) is 43.6 Å². The Hall–Kier alpha value is -2.38. The fourth-order valence-corrected chi connectivity index (χ4v) is 2.20. The molecule has 7 heteroatoms. The molecule has 0 aliphatic carbocycles. The largest absolute Gasteiger partial charge is 0.462 e. The van der Waals surface area contributed by atoms with Crippen LogP contribution in [0.3, 0.4) is 0 Å². The zero-order chi connectivity index (χ0) is 18.1. The third-order valence-electron chi connectivity index (χ3n) is 3.26. The summed E-state index contributed by atoms with van der Waals surface area (Å²) in [4.78, 5) is 16.6. The zero-order valence-electron chi connectivity index (χ0n) is 14.8. The number of benzene rings is 1. The van der Waals surface area contributed by atoms with Crippen molar-refractivity contribution in [3.05, 3.63) is 36.4 Å². The predicted molar refractivity (Wildman–Crippen MR) is 93.7 cm³/mol. The van der Waals surface area contributed by atoms with Gasteiger partial charge >= 0.3 is 5.97 Å². The Balaban J connectivity index is 2.18. The lowest BCUT2D eigenvalue weighted by atomic mass is 10.3. The summed E-state index contributed by atoms with van der Waals surface area (Å²) >= 11 is 0. The van der Waals surface area contributed by atoms with Crippen LogP contribution in [0.4, 0.5) is 0 Å². The molecule has 0 aliphatic rings. The normalized spacial score (nSPS) is 11.9. The van der Waals surface area contributed by atoms with Crippen LogP contribution >= 0.6 is 0 Å². The second-order valence-electron chi connectivity index (χ2n) is 5.01. The molecule has 0 unspecified atom stereocenters. The molecule has 1 aromatic heterocycles. The second kappa shape index (κ2) is 9.80. The Morgan fingerprint density at radius 3 is 2.56 bits per heavy atom. The van der Waals surface area contributed by atoms with E-state index in [1.807, 2.05) is 32.0 Å². The van der Waals surface area contributed by atoms with Crippen molar-refractivity contribution in [2.24, 2.45) is 0 Å². The molecule has 0 aliphatic heterocycles. The molecule has 0 saturated heterocycles. The van der Waals surface area contributed by atoms with Gasteiger partial charge in [0.2, 0.25) is 5.89 Å². The number of oxazole rings is 1. The van der Waals surface area contributed by atoms with Crippen molar-refractivity contribution in [2.45, 2.75) is 27.1 Å². The summed E-state index contributed by atoms with van der Waals surface area (Å²) in [7, 11) is 0. The molecule has 0 saturated carbocycles. The molecule has 1 N–H and O–H groups in total. The van der Waals surface area contributed by atoms with E-state index >= 15 is 0 Å². The van der Waals surface area contributed by atoms with Crippen molar-refractivity contribution in [3.63, 3.8) is 0 Å². The van der Waals surface area contributed by atoms with Crippen molar-refractivity contribution in [1.29, 1.82) is 0 Å². The number of hydrogen-bond donors (Lipinski definition) is 1. The van der Waals surface area contributed by atoms with Crippen LogP contribution in [0.25, 0.3) is 16.7 Å². The molecule has 0 amide bonds. The first-order valence-electron chi connectivity index (χ1n) is 8.39. The van der Waals surface area contributed by atoms with Crippen molar-refractivity contribution in [3.8, 4) is 0 Å². The number of esters is 1. The molecule has 2 aromatic rings. The van der Waals surface area contributed by atoms with Gasteiger partial charge in [-0.3, -0.25) is 0 Å². The van der Waals surface area contributed by atoms with Gasteiger partial charge in [0.25, 0.3) is 0 Å². The number of rotatable bonds is 10. The summed E-state index contributed by atoms with van der Waals surface area (Å²) < 4.78 is 21.7. The van der Waals surface area contributed by atoms with E-state index < -0.39 is 12.3 Å². The Labute approximate surface area is 147 Å². The Morgan fingerprint density at radius 2 is 1.92 bits per heavy atom. The van der Waals surface area contributed by atoms with Gasteiger partial charge in [-0.15, -0.1) is 0 Å². The smallest absolute Gasteiger partial charge is 0.345 e. The van der Waals surface area contributed by atoms with Gasteiger partial charge in [0.15, 0.2) is 11.9 Å². The first kappa shape index (κ1) is 19.0. The van der Waals surface area contributed by atoms with Crippen LogP contribution in [-0.2, 0) is 19.0 Å². The molecule has 0 atom stereocenters. The number of para-hydroxylation sites is 2. The van der Waals surface area contributed by atoms with E-state index in [-0.39, 0.29) is 18.1 Å². The van der Waals surface area contributed by atoms with Crippen molar-refractivity contribution < 1.29 is 23.4 Å². The third-order valence-corrected chi connectivity index (χ3v) is 3.26. The molecular weight excluding hydrogens is 324 g/mol. The molecular formula is C18H24N2O5. The number of fused-ring (bicyclic) bond motifs is 1. The Morgan fingerprint density at radius 1 is 1.20 bits per heavy atom. The molecule has 0 bridgehead atoms. The number of hydrogen-bond acceptors (Lipinski definition) is 7. The molecule has 1 heterocycles. The van der Waals surface area contributed by atoms with Crippen LogP contribution in [0.2, 0.25) is 0 Å². The third kappa shape index (κ3) is 5.30. The van der Waals surface area contributed by atoms with Crippen molar-refractivity contribution >= 4 is 22.6 Å². The highest BCUT2D eigenvalue weighted by molar-refractivity contribution is 6.15. The van der Waals surface area contributed by atoms with Gasteiger partial charge in [0.1, 0.15) is 11.1 Å². The Bertz CT molecular complexity index is 671. The minimum Gasteiger partial charge on any atom is -0.462 e. The minimum absolute atomic E-state index is 0.205. The van der Waals surface area contributed by atoms with Gasteiger partial charge in [-0.1, -0.05) is 12.1 Å². The van der Waals surface area contributed by atoms with Gasteiger partial charge in [0, 0.05) is 19.4 Å². The summed E-state index contributed by atoms with van der Waals surface area (Å²) in [5, 5.41) is 3.02. The maximum atomic E-state index is 12.3. The number of carbonyl (C=O) groups is 1. The molecule has 2 rings (SSSR count). The average molecular weight is 348 g/mol. The predicted octanol–water partition coefficient (Wildman–Crippen LogP) is 2.72. The lowest BCUT2D eigenvalue weighted by Gasteiger charge is -2.16. The fourth-order valence-electron chi connectivity index (χ4n) is 2.20. The highest BCUT2D eigenvalue weighted by atomic mass is 16.7.